The first kappa shape index (κ1) is 110. The van der Waals surface area contributed by atoms with Crippen LogP contribution in [0.4, 0.5) is 19.2 Å². The summed E-state index contributed by atoms with van der Waals surface area (Å²) in [7, 11) is -7.10. The van der Waals surface area contributed by atoms with Crippen LogP contribution in [-0.4, -0.2) is 148 Å². The second-order valence-corrected chi connectivity index (χ2v) is 43.9. The van der Waals surface area contributed by atoms with Crippen molar-refractivity contribution in [3.05, 3.63) is 243 Å². The molecule has 688 valence electrons. The zero-order chi connectivity index (χ0) is 89.1. The highest BCUT2D eigenvalue weighted by Crippen LogP contribution is 2.67. The SMILES string of the molecule is C.C.C.C.C=C1CCN(C(=O)OC(C)(C)C)CC1.CC(C)(C)OC(=O)N1CCC2(CC1)CC2c1ccc(Br)cc1.CC(C)(C)OC(=O)N1CCC2(CC1)C[C@@H]2c1ccc(Br)cc1.CC(C)(C)OC(=O)N1CCC2(CC1)C[C@H]2c1ccc(Br)cc1.Cc1ccc(S(=O)(=O)N/N=C/c2ccc(Br)cc2)cc1.Cc1ccc(S(=O)(=O)NN)cc1.O=Cc1ccc(Br)cc1. The maximum atomic E-state index is 12.1. The number of amides is 4. The lowest BCUT2D eigenvalue weighted by atomic mass is 9.89. The Labute approximate surface area is 789 Å². The predicted molar refractivity (Wildman–Crippen MR) is 524 cm³/mol. The minimum absolute atomic E-state index is 0. The molecule has 21 nitrogen and oxygen atoms in total. The number of hydrazone groups is 1. The summed E-state index contributed by atoms with van der Waals surface area (Å²) in [4.78, 5) is 69.8. The molecule has 7 aromatic rings. The lowest BCUT2D eigenvalue weighted by Crippen LogP contribution is -2.42. The van der Waals surface area contributed by atoms with Crippen LogP contribution < -0.4 is 15.5 Å². The molecule has 125 heavy (non-hydrogen) atoms. The van der Waals surface area contributed by atoms with Crippen LogP contribution in [0.2, 0.25) is 0 Å². The maximum Gasteiger partial charge on any atom is 0.410 e. The van der Waals surface area contributed by atoms with Crippen molar-refractivity contribution in [3.8, 4) is 0 Å². The number of hydrogen-bond acceptors (Lipinski definition) is 15. The molecule has 4 N–H and O–H groups in total. The monoisotopic (exact) mass is 2080 g/mol. The molecule has 0 bridgehead atoms. The number of carbonyl (C=O) groups is 5. The third-order valence-corrected chi connectivity index (χ3v) is 26.9. The second-order valence-electron chi connectivity index (χ2n) is 36.0. The van der Waals surface area contributed by atoms with E-state index in [1.165, 1.54) is 59.9 Å². The number of likely N-dealkylation sites (tertiary alicyclic amines) is 4. The number of piperidine rings is 4. The van der Waals surface area contributed by atoms with Gasteiger partial charge in [0.15, 0.2) is 0 Å². The number of sulfonamides is 2. The fourth-order valence-corrected chi connectivity index (χ4v) is 17.5. The Balaban J connectivity index is 0.000000309. The standard InChI is InChI=1S/3C18H24BrNO2.C14H13BrN2O2S.C11H19NO2.C7H5BrO.C7H10N2O2S.4CH4/c3*1-17(2,3)22-16(21)20-10-8-18(9-11-20)12-15(18)13-4-6-14(19)7-5-13;1-11-2-8-14(9-3-11)20(18,19)17-16-10-12-4-6-13(15)7-5-12;1-9-5-7-12(8-6-9)10(13)14-11(2,3)4;8-7-3-1-6(5-9)2-4-7;1-6-2-4-7(5-3-6)12(10,11)9-8;;;;/h3*4-7,15H,8-12H2,1-3H3;2-10,17H,1H3;1,5-8H2,2-4H3;1-5H;2-5,9H,8H2,1H3;4*1H4/b;;;16-10+;;;;;;;/t2*15-;;;;;;;;;/m10........./s1. The molecule has 3 saturated carbocycles. The van der Waals surface area contributed by atoms with Crippen molar-refractivity contribution < 1.29 is 59.8 Å². The van der Waals surface area contributed by atoms with Crippen LogP contribution in [0.25, 0.3) is 0 Å². The van der Waals surface area contributed by atoms with Crippen molar-refractivity contribution in [2.45, 2.75) is 247 Å². The molecule has 3 atom stereocenters. The molecule has 1 unspecified atom stereocenters. The summed E-state index contributed by atoms with van der Waals surface area (Å²) >= 11 is 17.1. The van der Waals surface area contributed by atoms with Crippen molar-refractivity contribution >= 4 is 137 Å². The number of hydrazine groups is 1. The molecule has 28 heteroatoms. The number of rotatable bonds is 10. The number of nitrogens with zero attached hydrogens (tertiary/aromatic N) is 5. The summed E-state index contributed by atoms with van der Waals surface area (Å²) in [6, 6.07) is 53.7. The van der Waals surface area contributed by atoms with E-state index in [1.807, 2.05) is 148 Å². The number of benzene rings is 7. The van der Waals surface area contributed by atoms with Gasteiger partial charge in [0.1, 0.15) is 28.7 Å². The van der Waals surface area contributed by atoms with E-state index in [4.69, 9.17) is 24.8 Å². The van der Waals surface area contributed by atoms with Gasteiger partial charge < -0.3 is 38.5 Å². The second kappa shape index (κ2) is 47.9. The summed E-state index contributed by atoms with van der Waals surface area (Å²) in [6.45, 7) is 37.0. The number of nitrogens with one attached hydrogen (secondary N) is 2. The average molecular weight is 2080 g/mol. The Bertz CT molecular complexity index is 4610. The quantitative estimate of drug-likeness (QED) is 0.0287. The normalized spacial score (nSPS) is 18.0. The minimum Gasteiger partial charge on any atom is -0.444 e. The Morgan fingerprint density at radius 2 is 0.640 bits per heavy atom. The molecule has 4 amide bonds. The van der Waals surface area contributed by atoms with Crippen LogP contribution in [0, 0.1) is 30.1 Å². The molecule has 0 aromatic heterocycles. The number of hydrogen-bond donors (Lipinski definition) is 3. The smallest absolute Gasteiger partial charge is 0.410 e. The molecule has 14 rings (SSSR count). The van der Waals surface area contributed by atoms with E-state index in [9.17, 15) is 40.8 Å². The van der Waals surface area contributed by atoms with Gasteiger partial charge in [-0.25, -0.2) is 32.4 Å². The molecule has 3 aliphatic carbocycles. The van der Waals surface area contributed by atoms with Crippen LogP contribution in [0.5, 0.6) is 0 Å². The lowest BCUT2D eigenvalue weighted by molar-refractivity contribution is 0.0159. The zero-order valence-electron chi connectivity index (χ0n) is 72.0. The highest BCUT2D eigenvalue weighted by molar-refractivity contribution is 9.11. The van der Waals surface area contributed by atoms with Gasteiger partial charge in [0.05, 0.1) is 16.0 Å². The van der Waals surface area contributed by atoms with Gasteiger partial charge in [0.2, 0.25) is 0 Å². The number of carbonyl (C=O) groups excluding carboxylic acids is 5. The Kier molecular flexibility index (Phi) is 42.1. The fraction of sp³-hybridized carbons (Fsp3) is 0.485. The van der Waals surface area contributed by atoms with Crippen molar-refractivity contribution in [1.82, 2.24) is 29.3 Å². The highest BCUT2D eigenvalue weighted by atomic mass is 79.9. The van der Waals surface area contributed by atoms with Gasteiger partial charge in [-0.1, -0.05) is 218 Å². The number of halogens is 5. The number of aldehydes is 1. The largest absolute Gasteiger partial charge is 0.444 e. The van der Waals surface area contributed by atoms with Crippen molar-refractivity contribution in [3.63, 3.8) is 0 Å². The summed E-state index contributed by atoms with van der Waals surface area (Å²) in [5, 5.41) is 3.76. The molecule has 4 aliphatic heterocycles. The maximum absolute atomic E-state index is 12.1. The third kappa shape index (κ3) is 35.6. The topological polar surface area (TPSA) is 266 Å². The van der Waals surface area contributed by atoms with Gasteiger partial charge in [-0.05, 0) is 309 Å². The molecule has 7 fully saturated rings. The van der Waals surface area contributed by atoms with Crippen LogP contribution in [0.1, 0.15) is 245 Å². The minimum atomic E-state index is -3.61. The molecule has 4 saturated heterocycles. The van der Waals surface area contributed by atoms with E-state index in [1.54, 1.807) is 58.3 Å². The van der Waals surface area contributed by atoms with E-state index in [0.29, 0.717) is 39.6 Å². The number of nitrogens with two attached hydrogens (primary N) is 1. The van der Waals surface area contributed by atoms with Crippen LogP contribution in [-0.2, 0) is 39.0 Å². The molecule has 3 spiro atoms. The first-order valence-corrected chi connectivity index (χ1v) is 47.8. The van der Waals surface area contributed by atoms with E-state index < -0.39 is 42.5 Å². The van der Waals surface area contributed by atoms with E-state index in [0.717, 1.165) is 149 Å². The first-order valence-electron chi connectivity index (χ1n) is 40.8. The Morgan fingerprint density at radius 1 is 0.400 bits per heavy atom. The molecule has 0 radical (unpaired) electrons. The third-order valence-electron chi connectivity index (χ3n) is 21.8. The van der Waals surface area contributed by atoms with Crippen molar-refractivity contribution in [2.24, 2.45) is 27.2 Å². The van der Waals surface area contributed by atoms with Crippen molar-refractivity contribution in [2.75, 3.05) is 52.4 Å². The molecule has 7 aliphatic rings. The van der Waals surface area contributed by atoms with Gasteiger partial charge in [-0.3, -0.25) is 10.6 Å². The summed E-state index contributed by atoms with van der Waals surface area (Å²) < 4.78 is 73.1. The first-order chi connectivity index (χ1) is 56.6. The lowest BCUT2D eigenvalue weighted by Gasteiger charge is -2.34. The summed E-state index contributed by atoms with van der Waals surface area (Å²) in [6.07, 6.45) is 13.7. The molecule has 4 heterocycles. The average Bonchev–Trinajstić information content (AvgIpc) is 1.59. The Morgan fingerprint density at radius 3 is 0.888 bits per heavy atom. The van der Waals surface area contributed by atoms with Gasteiger partial charge in [-0.15, -0.1) is 0 Å². The van der Waals surface area contributed by atoms with Gasteiger partial charge >= 0.3 is 24.4 Å². The van der Waals surface area contributed by atoms with Crippen molar-refractivity contribution in [1.29, 1.82) is 0 Å². The van der Waals surface area contributed by atoms with Gasteiger partial charge in [0.25, 0.3) is 20.0 Å². The van der Waals surface area contributed by atoms with E-state index in [2.05, 4.69) is 169 Å². The van der Waals surface area contributed by atoms with Crippen LogP contribution in [0.3, 0.4) is 0 Å². The van der Waals surface area contributed by atoms with Crippen LogP contribution >= 0.6 is 79.6 Å². The summed E-state index contributed by atoms with van der Waals surface area (Å²) in [5.74, 6) is 6.84. The molecular weight excluding hydrogens is 1950 g/mol. The highest BCUT2D eigenvalue weighted by Gasteiger charge is 2.58. The zero-order valence-corrected chi connectivity index (χ0v) is 81.6. The summed E-state index contributed by atoms with van der Waals surface area (Å²) in [5.41, 5.74) is 8.70. The van der Waals surface area contributed by atoms with E-state index in [-0.39, 0.29) is 63.9 Å². The van der Waals surface area contributed by atoms with Crippen LogP contribution in [0.15, 0.2) is 219 Å². The van der Waals surface area contributed by atoms with Gasteiger partial charge in [0, 0.05) is 80.3 Å². The Hall–Kier alpha value is -7.28. The number of ether oxygens (including phenoxy) is 4. The van der Waals surface area contributed by atoms with Gasteiger partial charge in [-0.2, -0.15) is 18.4 Å². The van der Waals surface area contributed by atoms with E-state index >= 15 is 0 Å². The molecule has 7 aromatic carbocycles. The fourth-order valence-electron chi connectivity index (χ4n) is 14.7. The predicted octanol–water partition coefficient (Wildman–Crippen LogP) is 25.5. The number of aryl methyl sites for hydroxylation is 2. The molecular formula is C97H135Br5N8O13S2.